The van der Waals surface area contributed by atoms with Crippen LogP contribution in [-0.2, 0) is 19.5 Å². The van der Waals surface area contributed by atoms with E-state index in [0.29, 0.717) is 26.2 Å². The van der Waals surface area contributed by atoms with Gasteiger partial charge in [0.1, 0.15) is 0 Å². The summed E-state index contributed by atoms with van der Waals surface area (Å²) in [7, 11) is 0. The van der Waals surface area contributed by atoms with Crippen LogP contribution < -0.4 is 5.32 Å². The Kier molecular flexibility index (Phi) is 5.75. The van der Waals surface area contributed by atoms with Crippen LogP contribution in [0.3, 0.4) is 0 Å². The fourth-order valence-electron chi connectivity index (χ4n) is 3.96. The molecule has 2 N–H and O–H groups in total. The molecule has 0 aliphatic carbocycles. The van der Waals surface area contributed by atoms with Gasteiger partial charge in [-0.15, -0.1) is 11.3 Å². The van der Waals surface area contributed by atoms with Gasteiger partial charge in [-0.3, -0.25) is 10.00 Å². The molecule has 0 aromatic carbocycles. The number of likely N-dealkylation sites (tertiary alicyclic amines) is 1. The summed E-state index contributed by atoms with van der Waals surface area (Å²) >= 11 is 1.52. The maximum atomic E-state index is 12.4. The number of piperidine rings is 1. The molecule has 1 fully saturated rings. The Hall–Kier alpha value is -1.90. The lowest BCUT2D eigenvalue weighted by Crippen LogP contribution is -2.40. The molecule has 8 heteroatoms. The molecule has 0 unspecified atom stereocenters. The first-order valence-corrected chi connectivity index (χ1v) is 10.6. The number of amides is 2. The number of β-amino-alcohol motifs (C(OH)–C–C–N with tert-alkyl or cyclic N) is 1. The number of urea groups is 1. The van der Waals surface area contributed by atoms with Gasteiger partial charge in [-0.2, -0.15) is 5.10 Å². The van der Waals surface area contributed by atoms with E-state index in [1.807, 2.05) is 33.3 Å². The number of aromatic nitrogens is 2. The van der Waals surface area contributed by atoms with E-state index >= 15 is 0 Å². The van der Waals surface area contributed by atoms with Gasteiger partial charge in [0.05, 0.1) is 30.4 Å². The van der Waals surface area contributed by atoms with Crippen molar-refractivity contribution in [3.8, 4) is 0 Å². The average molecular weight is 390 g/mol. The second-order valence-corrected chi connectivity index (χ2v) is 8.34. The van der Waals surface area contributed by atoms with Gasteiger partial charge >= 0.3 is 6.03 Å². The summed E-state index contributed by atoms with van der Waals surface area (Å²) in [6, 6.07) is 3.76. The number of aliphatic hydroxyl groups excluding tert-OH is 1. The van der Waals surface area contributed by atoms with Crippen molar-refractivity contribution in [1.29, 1.82) is 0 Å². The van der Waals surface area contributed by atoms with E-state index in [2.05, 4.69) is 15.3 Å². The lowest BCUT2D eigenvalue weighted by molar-refractivity contribution is 0.0846. The number of hydrogen-bond donors (Lipinski definition) is 2. The van der Waals surface area contributed by atoms with Crippen LogP contribution in [0.25, 0.3) is 0 Å². The molecular weight excluding hydrogens is 362 g/mol. The molecule has 2 aliphatic rings. The fraction of sp³-hybridized carbons (Fsp3) is 0.579. The molecule has 27 heavy (non-hydrogen) atoms. The molecule has 0 spiro atoms. The van der Waals surface area contributed by atoms with E-state index in [-0.39, 0.29) is 6.03 Å². The zero-order valence-corrected chi connectivity index (χ0v) is 16.3. The smallest absolute Gasteiger partial charge is 0.322 e. The van der Waals surface area contributed by atoms with Gasteiger partial charge in [0.15, 0.2) is 0 Å². The summed E-state index contributed by atoms with van der Waals surface area (Å²) in [6.45, 7) is 4.63. The molecule has 0 bridgehead atoms. The SMILES string of the molecule is O=C(Nc1cccs1)N1CCc2c(cnn2C[C@@H](O)CN2CCCCC2)C1. The monoisotopic (exact) mass is 389 g/mol. The third-order valence-electron chi connectivity index (χ3n) is 5.35. The number of fused-ring (bicyclic) bond motifs is 1. The third kappa shape index (κ3) is 4.51. The van der Waals surface area contributed by atoms with Crippen LogP contribution in [0.4, 0.5) is 9.80 Å². The lowest BCUT2D eigenvalue weighted by Gasteiger charge is -2.29. The van der Waals surface area contributed by atoms with Crippen LogP contribution in [0, 0.1) is 0 Å². The molecular formula is C19H27N5O2S. The first-order chi connectivity index (χ1) is 13.2. The van der Waals surface area contributed by atoms with E-state index in [4.69, 9.17) is 0 Å². The maximum absolute atomic E-state index is 12.4. The molecule has 146 valence electrons. The Morgan fingerprint density at radius 1 is 1.26 bits per heavy atom. The highest BCUT2D eigenvalue weighted by molar-refractivity contribution is 7.14. The van der Waals surface area contributed by atoms with Crippen LogP contribution >= 0.6 is 11.3 Å². The molecule has 1 saturated heterocycles. The van der Waals surface area contributed by atoms with Crippen molar-refractivity contribution in [3.05, 3.63) is 35.0 Å². The van der Waals surface area contributed by atoms with E-state index in [1.165, 1.54) is 30.6 Å². The molecule has 2 aromatic rings. The Balaban J connectivity index is 1.33. The minimum atomic E-state index is -0.410. The van der Waals surface area contributed by atoms with Crippen LogP contribution in [0.5, 0.6) is 0 Å². The van der Waals surface area contributed by atoms with Crippen molar-refractivity contribution in [1.82, 2.24) is 19.6 Å². The topological polar surface area (TPSA) is 73.6 Å². The predicted molar refractivity (Wildman–Crippen MR) is 106 cm³/mol. The van der Waals surface area contributed by atoms with Gasteiger partial charge in [-0.1, -0.05) is 6.42 Å². The van der Waals surface area contributed by atoms with Crippen molar-refractivity contribution in [2.24, 2.45) is 0 Å². The maximum Gasteiger partial charge on any atom is 0.322 e. The summed E-state index contributed by atoms with van der Waals surface area (Å²) in [5.74, 6) is 0. The van der Waals surface area contributed by atoms with Crippen LogP contribution in [0.1, 0.15) is 30.5 Å². The van der Waals surface area contributed by atoms with Crippen molar-refractivity contribution < 1.29 is 9.90 Å². The zero-order chi connectivity index (χ0) is 18.6. The van der Waals surface area contributed by atoms with Crippen LogP contribution in [0.15, 0.2) is 23.7 Å². The number of aliphatic hydroxyl groups is 1. The molecule has 2 aliphatic heterocycles. The Bertz CT molecular complexity index is 754. The largest absolute Gasteiger partial charge is 0.390 e. The van der Waals surface area contributed by atoms with Gasteiger partial charge in [0.25, 0.3) is 0 Å². The zero-order valence-electron chi connectivity index (χ0n) is 15.5. The highest BCUT2D eigenvalue weighted by Gasteiger charge is 2.25. The van der Waals surface area contributed by atoms with Gasteiger partial charge in [0, 0.05) is 30.8 Å². The summed E-state index contributed by atoms with van der Waals surface area (Å²) in [5, 5.41) is 20.7. The van der Waals surface area contributed by atoms with Crippen molar-refractivity contribution in [2.75, 3.05) is 31.5 Å². The fourth-order valence-corrected chi connectivity index (χ4v) is 4.57. The van der Waals surface area contributed by atoms with E-state index in [1.54, 1.807) is 0 Å². The summed E-state index contributed by atoms with van der Waals surface area (Å²) in [5.41, 5.74) is 2.22. The normalized spacial score (nSPS) is 18.9. The Morgan fingerprint density at radius 2 is 2.11 bits per heavy atom. The number of nitrogens with one attached hydrogen (secondary N) is 1. The van der Waals surface area contributed by atoms with Gasteiger partial charge in [-0.05, 0) is 43.4 Å². The number of anilines is 1. The van der Waals surface area contributed by atoms with Crippen molar-refractivity contribution in [3.63, 3.8) is 0 Å². The molecule has 4 heterocycles. The van der Waals surface area contributed by atoms with E-state index in [0.717, 1.165) is 35.8 Å². The minimum absolute atomic E-state index is 0.0685. The first kappa shape index (κ1) is 18.5. The predicted octanol–water partition coefficient (Wildman–Crippen LogP) is 2.38. The molecule has 1 atom stereocenters. The van der Waals surface area contributed by atoms with E-state index in [9.17, 15) is 9.90 Å². The van der Waals surface area contributed by atoms with Crippen molar-refractivity contribution >= 4 is 22.4 Å². The standard InChI is InChI=1S/C19H27N5O2S/c25-16(13-22-7-2-1-3-8-22)14-24-17-6-9-23(12-15(17)11-20-24)19(26)21-18-5-4-10-27-18/h4-5,10-11,16,25H,1-3,6-9,12-14H2,(H,21,26)/t16-/m0/s1. The number of rotatable bonds is 5. The Labute approximate surface area is 163 Å². The van der Waals surface area contributed by atoms with Gasteiger partial charge in [0.2, 0.25) is 0 Å². The molecule has 4 rings (SSSR count). The highest BCUT2D eigenvalue weighted by Crippen LogP contribution is 2.21. The average Bonchev–Trinajstić information content (AvgIpc) is 3.32. The van der Waals surface area contributed by atoms with Gasteiger partial charge < -0.3 is 14.9 Å². The van der Waals surface area contributed by atoms with Crippen LogP contribution in [0.2, 0.25) is 0 Å². The number of hydrogen-bond acceptors (Lipinski definition) is 5. The molecule has 2 aromatic heterocycles. The Morgan fingerprint density at radius 3 is 2.89 bits per heavy atom. The summed E-state index contributed by atoms with van der Waals surface area (Å²) in [4.78, 5) is 16.6. The lowest BCUT2D eigenvalue weighted by atomic mass is 10.1. The number of carbonyl (C=O) groups excluding carboxylic acids is 1. The minimum Gasteiger partial charge on any atom is -0.390 e. The number of nitrogens with zero attached hydrogens (tertiary/aromatic N) is 4. The molecule has 0 saturated carbocycles. The molecule has 0 radical (unpaired) electrons. The number of carbonyl (C=O) groups is 1. The quantitative estimate of drug-likeness (QED) is 0.823. The van der Waals surface area contributed by atoms with E-state index < -0.39 is 6.10 Å². The molecule has 2 amide bonds. The second-order valence-electron chi connectivity index (χ2n) is 7.39. The molecule has 7 nitrogen and oxygen atoms in total. The second kappa shape index (κ2) is 8.41. The first-order valence-electron chi connectivity index (χ1n) is 9.72. The summed E-state index contributed by atoms with van der Waals surface area (Å²) < 4.78 is 1.93. The van der Waals surface area contributed by atoms with Gasteiger partial charge in [-0.25, -0.2) is 4.79 Å². The van der Waals surface area contributed by atoms with Crippen molar-refractivity contribution in [2.45, 2.75) is 44.9 Å². The number of thiophene rings is 1. The summed E-state index contributed by atoms with van der Waals surface area (Å²) in [6.07, 6.45) is 5.96. The highest BCUT2D eigenvalue weighted by atomic mass is 32.1. The van der Waals surface area contributed by atoms with Crippen LogP contribution in [-0.4, -0.2) is 63.0 Å². The third-order valence-corrected chi connectivity index (χ3v) is 6.14.